The lowest BCUT2D eigenvalue weighted by Gasteiger charge is -2.33. The molecule has 1 unspecified atom stereocenters. The van der Waals surface area contributed by atoms with Crippen molar-refractivity contribution in [3.63, 3.8) is 0 Å². The lowest BCUT2D eigenvalue weighted by Crippen LogP contribution is -2.42. The Bertz CT molecular complexity index is 881. The van der Waals surface area contributed by atoms with E-state index in [1.807, 2.05) is 23.1 Å². The monoisotopic (exact) mass is 365 g/mol. The highest BCUT2D eigenvalue weighted by molar-refractivity contribution is 5.94. The van der Waals surface area contributed by atoms with Gasteiger partial charge in [0.25, 0.3) is 5.91 Å². The van der Waals surface area contributed by atoms with Gasteiger partial charge >= 0.3 is 0 Å². The summed E-state index contributed by atoms with van der Waals surface area (Å²) >= 11 is 0. The number of benzene rings is 1. The predicted molar refractivity (Wildman–Crippen MR) is 103 cm³/mol. The highest BCUT2D eigenvalue weighted by Gasteiger charge is 2.51. The van der Waals surface area contributed by atoms with Crippen molar-refractivity contribution in [2.45, 2.75) is 51.2 Å². The molecule has 1 saturated carbocycles. The third-order valence-corrected chi connectivity index (χ3v) is 6.13. The molecule has 1 aliphatic heterocycles. The number of carbonyl (C=O) groups excluding carboxylic acids is 1. The molecule has 5 rings (SSSR count). The third kappa shape index (κ3) is 2.80. The largest absolute Gasteiger partial charge is 0.370 e. The molecule has 1 amide bonds. The van der Waals surface area contributed by atoms with Crippen molar-refractivity contribution < 1.29 is 9.53 Å². The van der Waals surface area contributed by atoms with Crippen molar-refractivity contribution in [3.8, 4) is 0 Å². The second-order valence-electron chi connectivity index (χ2n) is 9.12. The van der Waals surface area contributed by atoms with Crippen LogP contribution in [0.3, 0.4) is 0 Å². The Morgan fingerprint density at radius 1 is 1.22 bits per heavy atom. The Morgan fingerprint density at radius 2 is 2.00 bits per heavy atom. The van der Waals surface area contributed by atoms with Gasteiger partial charge in [0.15, 0.2) is 5.69 Å². The van der Waals surface area contributed by atoms with Crippen LogP contribution in [0.2, 0.25) is 0 Å². The molecule has 3 aliphatic rings. The van der Waals surface area contributed by atoms with Gasteiger partial charge in [-0.2, -0.15) is 5.10 Å². The first-order valence-corrected chi connectivity index (χ1v) is 10.0. The molecule has 0 radical (unpaired) electrons. The van der Waals surface area contributed by atoms with E-state index < -0.39 is 0 Å². The number of nitrogens with zero attached hydrogens (tertiary/aromatic N) is 3. The zero-order valence-corrected chi connectivity index (χ0v) is 16.3. The number of morpholine rings is 1. The quantitative estimate of drug-likeness (QED) is 0.818. The molecule has 142 valence electrons. The third-order valence-electron chi connectivity index (χ3n) is 6.13. The second kappa shape index (κ2) is 5.93. The summed E-state index contributed by atoms with van der Waals surface area (Å²) in [6.45, 7) is 8.30. The molecule has 3 atom stereocenters. The average molecular weight is 365 g/mol. The maximum Gasteiger partial charge on any atom is 0.274 e. The van der Waals surface area contributed by atoms with Crippen molar-refractivity contribution in [2.75, 3.05) is 19.7 Å². The highest BCUT2D eigenvalue weighted by Crippen LogP contribution is 2.57. The summed E-state index contributed by atoms with van der Waals surface area (Å²) in [5, 5.41) is 4.84. The van der Waals surface area contributed by atoms with Gasteiger partial charge in [0.1, 0.15) is 6.10 Å². The minimum Gasteiger partial charge on any atom is -0.370 e. The molecule has 0 bridgehead atoms. The van der Waals surface area contributed by atoms with E-state index in [-0.39, 0.29) is 17.6 Å². The van der Waals surface area contributed by atoms with Crippen LogP contribution in [-0.2, 0) is 16.7 Å². The molecular formula is C22H27N3O2. The van der Waals surface area contributed by atoms with Gasteiger partial charge in [0.2, 0.25) is 0 Å². The number of rotatable bonds is 2. The molecule has 0 N–H and O–H groups in total. The van der Waals surface area contributed by atoms with Crippen LogP contribution >= 0.6 is 0 Å². The second-order valence-corrected chi connectivity index (χ2v) is 9.12. The molecule has 27 heavy (non-hydrogen) atoms. The first-order chi connectivity index (χ1) is 12.9. The van der Waals surface area contributed by atoms with E-state index in [1.54, 1.807) is 0 Å². The molecule has 2 aliphatic carbocycles. The van der Waals surface area contributed by atoms with Gasteiger partial charge in [-0.1, -0.05) is 30.3 Å². The number of ether oxygens (including phenoxy) is 1. The van der Waals surface area contributed by atoms with Gasteiger partial charge in [-0.25, -0.2) is 0 Å². The van der Waals surface area contributed by atoms with Gasteiger partial charge in [-0.15, -0.1) is 0 Å². The molecule has 2 fully saturated rings. The number of hydrogen-bond donors (Lipinski definition) is 0. The molecule has 1 saturated heterocycles. The predicted octanol–water partition coefficient (Wildman–Crippen LogP) is 3.51. The van der Waals surface area contributed by atoms with Crippen LogP contribution in [-0.4, -0.2) is 40.3 Å². The number of carbonyl (C=O) groups is 1. The smallest absolute Gasteiger partial charge is 0.274 e. The van der Waals surface area contributed by atoms with E-state index in [2.05, 4.69) is 37.6 Å². The summed E-state index contributed by atoms with van der Waals surface area (Å²) in [6, 6.07) is 10.2. The van der Waals surface area contributed by atoms with Crippen molar-refractivity contribution in [1.82, 2.24) is 14.7 Å². The van der Waals surface area contributed by atoms with Crippen molar-refractivity contribution in [3.05, 3.63) is 52.8 Å². The summed E-state index contributed by atoms with van der Waals surface area (Å²) in [7, 11) is 0. The average Bonchev–Trinajstić information content (AvgIpc) is 3.16. The van der Waals surface area contributed by atoms with Crippen LogP contribution in [0.1, 0.15) is 66.5 Å². The molecule has 2 aromatic rings. The fourth-order valence-electron chi connectivity index (χ4n) is 4.65. The fourth-order valence-corrected chi connectivity index (χ4v) is 4.65. The Morgan fingerprint density at radius 3 is 2.74 bits per heavy atom. The van der Waals surface area contributed by atoms with Crippen LogP contribution in [0.25, 0.3) is 0 Å². The number of amides is 1. The SMILES string of the molecule is CC(C)(C)n1nc(C(=O)N2CCOC(c3ccccc3)C2)c2c1[C@@H]1C[C@@H]1C2. The number of hydrogen-bond acceptors (Lipinski definition) is 3. The standard InChI is InChI=1S/C22H27N3O2/c1-22(2,3)25-20-16-11-15(16)12-17(20)19(23-25)21(26)24-9-10-27-18(13-24)14-7-5-4-6-8-14/h4-8,15-16,18H,9-13H2,1-3H3/t15-,16-,18?/m1/s1. The first-order valence-electron chi connectivity index (χ1n) is 10.0. The summed E-state index contributed by atoms with van der Waals surface area (Å²) in [6.07, 6.45) is 2.22. The van der Waals surface area contributed by atoms with Gasteiger partial charge in [0.05, 0.1) is 18.7 Å². The lowest BCUT2D eigenvalue weighted by atomic mass is 10.1. The maximum absolute atomic E-state index is 13.4. The summed E-state index contributed by atoms with van der Waals surface area (Å²) in [5.41, 5.74) is 4.24. The molecule has 5 heteroatoms. The Kier molecular flexibility index (Phi) is 3.73. The summed E-state index contributed by atoms with van der Waals surface area (Å²) in [5.74, 6) is 1.43. The van der Waals surface area contributed by atoms with Crippen LogP contribution in [0, 0.1) is 5.92 Å². The van der Waals surface area contributed by atoms with E-state index in [1.165, 1.54) is 17.7 Å². The molecule has 1 aromatic carbocycles. The van der Waals surface area contributed by atoms with Crippen molar-refractivity contribution in [2.24, 2.45) is 5.92 Å². The van der Waals surface area contributed by atoms with E-state index >= 15 is 0 Å². The minimum atomic E-state index is -0.0995. The van der Waals surface area contributed by atoms with Crippen molar-refractivity contribution in [1.29, 1.82) is 0 Å². The van der Waals surface area contributed by atoms with Gasteiger partial charge in [0, 0.05) is 23.7 Å². The van der Waals surface area contributed by atoms with E-state index in [0.29, 0.717) is 31.3 Å². The van der Waals surface area contributed by atoms with E-state index in [9.17, 15) is 4.79 Å². The van der Waals surface area contributed by atoms with Gasteiger partial charge < -0.3 is 9.64 Å². The topological polar surface area (TPSA) is 47.4 Å². The number of aromatic nitrogens is 2. The summed E-state index contributed by atoms with van der Waals surface area (Å²) in [4.78, 5) is 15.3. The molecule has 2 heterocycles. The van der Waals surface area contributed by atoms with Gasteiger partial charge in [-0.05, 0) is 45.1 Å². The molecule has 5 nitrogen and oxygen atoms in total. The number of fused-ring (bicyclic) bond motifs is 3. The Hall–Kier alpha value is -2.14. The Balaban J connectivity index is 1.44. The van der Waals surface area contributed by atoms with Gasteiger partial charge in [-0.3, -0.25) is 9.48 Å². The molecular weight excluding hydrogens is 338 g/mol. The van der Waals surface area contributed by atoms with Crippen molar-refractivity contribution >= 4 is 5.91 Å². The zero-order valence-electron chi connectivity index (χ0n) is 16.3. The van der Waals surface area contributed by atoms with E-state index in [0.717, 1.165) is 17.9 Å². The summed E-state index contributed by atoms with van der Waals surface area (Å²) < 4.78 is 8.06. The molecule has 0 spiro atoms. The maximum atomic E-state index is 13.4. The zero-order chi connectivity index (χ0) is 18.8. The Labute approximate surface area is 160 Å². The normalized spacial score (nSPS) is 26.6. The van der Waals surface area contributed by atoms with Crippen LogP contribution in [0.4, 0.5) is 0 Å². The fraction of sp³-hybridized carbons (Fsp3) is 0.545. The van der Waals surface area contributed by atoms with Crippen LogP contribution < -0.4 is 0 Å². The first kappa shape index (κ1) is 17.0. The van der Waals surface area contributed by atoms with E-state index in [4.69, 9.17) is 9.84 Å². The van der Waals surface area contributed by atoms with Crippen LogP contribution in [0.15, 0.2) is 30.3 Å². The minimum absolute atomic E-state index is 0.0601. The lowest BCUT2D eigenvalue weighted by molar-refractivity contribution is -0.0230. The highest BCUT2D eigenvalue weighted by atomic mass is 16.5. The van der Waals surface area contributed by atoms with Crippen LogP contribution in [0.5, 0.6) is 0 Å². The molecule has 1 aromatic heterocycles.